The van der Waals surface area contributed by atoms with Gasteiger partial charge in [-0.3, -0.25) is 0 Å². The van der Waals surface area contributed by atoms with Crippen molar-refractivity contribution in [1.82, 2.24) is 30.6 Å². The number of rotatable bonds is 4. The summed E-state index contributed by atoms with van der Waals surface area (Å²) in [5.41, 5.74) is 4.08. The Labute approximate surface area is 154 Å². The van der Waals surface area contributed by atoms with Crippen molar-refractivity contribution < 1.29 is 9.13 Å². The fourth-order valence-electron chi connectivity index (χ4n) is 3.11. The van der Waals surface area contributed by atoms with Crippen LogP contribution >= 0.6 is 0 Å². The molecule has 0 radical (unpaired) electrons. The Kier molecular flexibility index (Phi) is 4.23. The summed E-state index contributed by atoms with van der Waals surface area (Å²) in [6.07, 6.45) is 1.47. The first-order valence-electron chi connectivity index (χ1n) is 8.45. The van der Waals surface area contributed by atoms with Gasteiger partial charge in [0.25, 0.3) is 0 Å². The Morgan fingerprint density at radius 3 is 2.67 bits per heavy atom. The van der Waals surface area contributed by atoms with Crippen molar-refractivity contribution in [1.29, 1.82) is 0 Å². The summed E-state index contributed by atoms with van der Waals surface area (Å²) in [6.45, 7) is 4.18. The number of hydrogen-bond acceptors (Lipinski definition) is 6. The summed E-state index contributed by atoms with van der Waals surface area (Å²) in [7, 11) is 1.43. The van der Waals surface area contributed by atoms with Gasteiger partial charge in [-0.2, -0.15) is 5.21 Å². The maximum atomic E-state index is 14.3. The number of aromatic nitrogens is 6. The molecule has 0 spiro atoms. The highest BCUT2D eigenvalue weighted by Gasteiger charge is 2.16. The summed E-state index contributed by atoms with van der Waals surface area (Å²) in [5.74, 6) is 0.466. The fourth-order valence-corrected chi connectivity index (χ4v) is 3.11. The van der Waals surface area contributed by atoms with Crippen molar-refractivity contribution in [3.05, 3.63) is 48.0 Å². The van der Waals surface area contributed by atoms with Crippen LogP contribution in [-0.2, 0) is 0 Å². The van der Waals surface area contributed by atoms with Gasteiger partial charge in [-0.1, -0.05) is 26.0 Å². The first-order chi connectivity index (χ1) is 13.1. The van der Waals surface area contributed by atoms with Crippen LogP contribution in [0, 0.1) is 5.82 Å². The fraction of sp³-hybridized carbons (Fsp3) is 0.211. The minimum Gasteiger partial charge on any atom is -0.494 e. The summed E-state index contributed by atoms with van der Waals surface area (Å²) >= 11 is 0. The highest BCUT2D eigenvalue weighted by atomic mass is 19.1. The number of aromatic amines is 1. The molecule has 2 aromatic carbocycles. The third-order valence-corrected chi connectivity index (χ3v) is 4.44. The molecular formula is C19H17FN6O. The predicted octanol–water partition coefficient (Wildman–Crippen LogP) is 3.75. The molecule has 0 unspecified atom stereocenters. The van der Waals surface area contributed by atoms with Gasteiger partial charge >= 0.3 is 0 Å². The number of nitrogens with zero attached hydrogens (tertiary/aromatic N) is 5. The molecule has 1 N–H and O–H groups in total. The standard InChI is InChI=1S/C19H17FN6O/c1-10(2)13-6-11(4-5-12(13)19-23-25-26-24-19)18-14-7-15(20)17(27-3)8-16(14)21-9-22-18/h4-10H,1-3H3,(H,23,24,25,26). The van der Waals surface area contributed by atoms with E-state index in [1.807, 2.05) is 18.2 Å². The third kappa shape index (κ3) is 2.99. The van der Waals surface area contributed by atoms with E-state index in [1.165, 1.54) is 19.5 Å². The van der Waals surface area contributed by atoms with Gasteiger partial charge in [0, 0.05) is 22.6 Å². The largest absolute Gasteiger partial charge is 0.494 e. The second-order valence-corrected chi connectivity index (χ2v) is 6.42. The van der Waals surface area contributed by atoms with Crippen LogP contribution in [0.2, 0.25) is 0 Å². The number of fused-ring (bicyclic) bond motifs is 1. The van der Waals surface area contributed by atoms with Crippen molar-refractivity contribution in [2.75, 3.05) is 7.11 Å². The molecule has 0 amide bonds. The zero-order valence-electron chi connectivity index (χ0n) is 15.1. The van der Waals surface area contributed by atoms with Crippen LogP contribution in [0.4, 0.5) is 4.39 Å². The maximum Gasteiger partial charge on any atom is 0.204 e. The summed E-state index contributed by atoms with van der Waals surface area (Å²) < 4.78 is 19.3. The number of tetrazole rings is 1. The van der Waals surface area contributed by atoms with Gasteiger partial charge in [-0.25, -0.2) is 14.4 Å². The Hall–Kier alpha value is -3.42. The summed E-state index contributed by atoms with van der Waals surface area (Å²) in [5, 5.41) is 14.9. The lowest BCUT2D eigenvalue weighted by atomic mass is 9.93. The Bertz CT molecular complexity index is 1110. The van der Waals surface area contributed by atoms with Crippen LogP contribution in [0.1, 0.15) is 25.3 Å². The van der Waals surface area contributed by atoms with Gasteiger partial charge < -0.3 is 4.74 Å². The van der Waals surface area contributed by atoms with Gasteiger partial charge in [0.2, 0.25) is 5.82 Å². The zero-order chi connectivity index (χ0) is 19.0. The van der Waals surface area contributed by atoms with E-state index in [-0.39, 0.29) is 11.7 Å². The Balaban J connectivity index is 1.91. The zero-order valence-corrected chi connectivity index (χ0v) is 15.1. The Morgan fingerprint density at radius 2 is 1.96 bits per heavy atom. The van der Waals surface area contributed by atoms with E-state index in [9.17, 15) is 4.39 Å². The molecular weight excluding hydrogens is 347 g/mol. The monoisotopic (exact) mass is 364 g/mol. The first kappa shape index (κ1) is 17.0. The van der Waals surface area contributed by atoms with E-state index in [0.717, 1.165) is 16.7 Å². The van der Waals surface area contributed by atoms with E-state index in [4.69, 9.17) is 4.74 Å². The molecule has 4 aromatic rings. The van der Waals surface area contributed by atoms with Gasteiger partial charge in [-0.05, 0) is 28.8 Å². The summed E-state index contributed by atoms with van der Waals surface area (Å²) in [6, 6.07) is 8.86. The minimum atomic E-state index is -0.450. The van der Waals surface area contributed by atoms with Crippen LogP contribution in [-0.4, -0.2) is 37.7 Å². The van der Waals surface area contributed by atoms with Crippen LogP contribution in [0.3, 0.4) is 0 Å². The van der Waals surface area contributed by atoms with Crippen molar-refractivity contribution in [2.24, 2.45) is 0 Å². The SMILES string of the molecule is COc1cc2ncnc(-c3ccc(-c4nn[nH]n4)c(C(C)C)c3)c2cc1F. The lowest BCUT2D eigenvalue weighted by Gasteiger charge is -2.13. The molecule has 2 heterocycles. The lowest BCUT2D eigenvalue weighted by Crippen LogP contribution is -1.97. The van der Waals surface area contributed by atoms with Gasteiger partial charge in [-0.15, -0.1) is 10.2 Å². The molecule has 0 saturated carbocycles. The molecule has 8 heteroatoms. The molecule has 0 aliphatic rings. The van der Waals surface area contributed by atoms with Crippen LogP contribution < -0.4 is 4.74 Å². The minimum absolute atomic E-state index is 0.155. The number of nitrogens with one attached hydrogen (secondary N) is 1. The van der Waals surface area contributed by atoms with Gasteiger partial charge in [0.1, 0.15) is 6.33 Å². The highest BCUT2D eigenvalue weighted by molar-refractivity contribution is 5.93. The number of benzene rings is 2. The van der Waals surface area contributed by atoms with Crippen molar-refractivity contribution in [3.8, 4) is 28.4 Å². The molecule has 27 heavy (non-hydrogen) atoms. The second kappa shape index (κ2) is 6.71. The average Bonchev–Trinajstić information content (AvgIpc) is 3.21. The van der Waals surface area contributed by atoms with E-state index in [1.54, 1.807) is 6.07 Å². The molecule has 0 aliphatic heterocycles. The molecule has 0 bridgehead atoms. The first-order valence-corrected chi connectivity index (χ1v) is 8.45. The van der Waals surface area contributed by atoms with E-state index in [0.29, 0.717) is 22.4 Å². The molecule has 0 atom stereocenters. The van der Waals surface area contributed by atoms with Gasteiger partial charge in [0.05, 0.1) is 18.3 Å². The van der Waals surface area contributed by atoms with E-state index < -0.39 is 5.82 Å². The molecule has 136 valence electrons. The number of H-pyrrole nitrogens is 1. The quantitative estimate of drug-likeness (QED) is 0.593. The van der Waals surface area contributed by atoms with Crippen LogP contribution in [0.25, 0.3) is 33.5 Å². The molecule has 4 rings (SSSR count). The average molecular weight is 364 g/mol. The van der Waals surface area contributed by atoms with E-state index in [2.05, 4.69) is 44.4 Å². The highest BCUT2D eigenvalue weighted by Crippen LogP contribution is 2.34. The molecule has 0 aliphatic carbocycles. The number of ether oxygens (including phenoxy) is 1. The number of methoxy groups -OCH3 is 1. The molecule has 2 aromatic heterocycles. The van der Waals surface area contributed by atoms with Crippen LogP contribution in [0.15, 0.2) is 36.7 Å². The topological polar surface area (TPSA) is 89.5 Å². The lowest BCUT2D eigenvalue weighted by molar-refractivity contribution is 0.387. The molecule has 7 nitrogen and oxygen atoms in total. The van der Waals surface area contributed by atoms with Gasteiger partial charge in [0.15, 0.2) is 11.6 Å². The maximum absolute atomic E-state index is 14.3. The molecule has 0 saturated heterocycles. The normalized spacial score (nSPS) is 11.3. The smallest absolute Gasteiger partial charge is 0.204 e. The van der Waals surface area contributed by atoms with Crippen molar-refractivity contribution in [3.63, 3.8) is 0 Å². The van der Waals surface area contributed by atoms with Crippen LogP contribution in [0.5, 0.6) is 5.75 Å². The predicted molar refractivity (Wildman–Crippen MR) is 98.7 cm³/mol. The second-order valence-electron chi connectivity index (χ2n) is 6.42. The number of hydrogen-bond donors (Lipinski definition) is 1. The van der Waals surface area contributed by atoms with Crippen molar-refractivity contribution >= 4 is 10.9 Å². The summed E-state index contributed by atoms with van der Waals surface area (Å²) in [4.78, 5) is 8.64. The third-order valence-electron chi connectivity index (χ3n) is 4.44. The van der Waals surface area contributed by atoms with Crippen molar-refractivity contribution in [2.45, 2.75) is 19.8 Å². The number of halogens is 1. The van der Waals surface area contributed by atoms with E-state index >= 15 is 0 Å². The molecule has 0 fully saturated rings. The Morgan fingerprint density at radius 1 is 1.11 bits per heavy atom.